The zero-order valence-electron chi connectivity index (χ0n) is 17.1. The van der Waals surface area contributed by atoms with Gasteiger partial charge < -0.3 is 9.33 Å². The van der Waals surface area contributed by atoms with Crippen molar-refractivity contribution in [1.82, 2.24) is 9.58 Å². The first-order chi connectivity index (χ1) is 12.7. The number of amides is 1. The molecule has 6 heteroatoms. The van der Waals surface area contributed by atoms with Crippen molar-refractivity contribution < 1.29 is 9.22 Å². The van der Waals surface area contributed by atoms with Gasteiger partial charge in [0.1, 0.15) is 6.73 Å². The molecule has 0 saturated heterocycles. The molecule has 0 aliphatic carbocycles. The first-order valence-corrected chi connectivity index (χ1v) is 12.5. The molecule has 27 heavy (non-hydrogen) atoms. The Hall–Kier alpha value is -2.05. The van der Waals surface area contributed by atoms with E-state index >= 15 is 0 Å². The fraction of sp³-hybridized carbons (Fsp3) is 0.476. The van der Waals surface area contributed by atoms with Gasteiger partial charge in [0.05, 0.1) is 5.52 Å². The molecule has 0 bridgehead atoms. The number of rotatable bonds is 5. The minimum Gasteiger partial charge on any atom is -0.400 e. The van der Waals surface area contributed by atoms with E-state index in [1.165, 1.54) is 0 Å². The summed E-state index contributed by atoms with van der Waals surface area (Å²) in [7, 11) is -1.80. The van der Waals surface area contributed by atoms with Crippen LogP contribution < -0.4 is 5.43 Å². The van der Waals surface area contributed by atoms with Crippen LogP contribution in [0.2, 0.25) is 18.1 Å². The maximum atomic E-state index is 12.8. The van der Waals surface area contributed by atoms with Crippen molar-refractivity contribution in [3.05, 3.63) is 48.3 Å². The Balaban J connectivity index is 1.66. The predicted octanol–water partition coefficient (Wildman–Crippen LogP) is 4.67. The molecule has 1 amide bonds. The van der Waals surface area contributed by atoms with E-state index in [0.29, 0.717) is 6.73 Å². The molecule has 0 fully saturated rings. The molecule has 1 N–H and O–H groups in total. The third-order valence-corrected chi connectivity index (χ3v) is 10.2. The zero-order valence-corrected chi connectivity index (χ0v) is 18.1. The van der Waals surface area contributed by atoms with Crippen molar-refractivity contribution in [3.63, 3.8) is 0 Å². The quantitative estimate of drug-likeness (QED) is 0.761. The minimum absolute atomic E-state index is 0.0478. The summed E-state index contributed by atoms with van der Waals surface area (Å²) in [6.07, 6.45) is 5.62. The fourth-order valence-corrected chi connectivity index (χ4v) is 3.84. The van der Waals surface area contributed by atoms with Gasteiger partial charge in [0.15, 0.2) is 8.32 Å². The van der Waals surface area contributed by atoms with Crippen LogP contribution in [0.1, 0.15) is 33.6 Å². The number of carbonyl (C=O) groups is 1. The lowest BCUT2D eigenvalue weighted by molar-refractivity contribution is -0.114. The highest BCUT2D eigenvalue weighted by atomic mass is 28.4. The van der Waals surface area contributed by atoms with Gasteiger partial charge >= 0.3 is 0 Å². The van der Waals surface area contributed by atoms with Crippen molar-refractivity contribution in [2.45, 2.75) is 51.7 Å². The van der Waals surface area contributed by atoms with Crippen LogP contribution in [0.25, 0.3) is 10.9 Å². The van der Waals surface area contributed by atoms with E-state index in [9.17, 15) is 4.79 Å². The first-order valence-electron chi connectivity index (χ1n) is 9.63. The van der Waals surface area contributed by atoms with Crippen molar-refractivity contribution >= 4 is 25.1 Å². The highest BCUT2D eigenvalue weighted by Gasteiger charge is 2.37. The number of nitrogens with zero attached hydrogens (tertiary/aromatic N) is 2. The summed E-state index contributed by atoms with van der Waals surface area (Å²) < 4.78 is 8.10. The van der Waals surface area contributed by atoms with E-state index < -0.39 is 8.32 Å². The molecular weight excluding hydrogens is 354 g/mol. The zero-order chi connectivity index (χ0) is 19.7. The third-order valence-electron chi connectivity index (χ3n) is 5.74. The van der Waals surface area contributed by atoms with Gasteiger partial charge in [-0.2, -0.15) is 0 Å². The van der Waals surface area contributed by atoms with Gasteiger partial charge in [-0.15, -0.1) is 0 Å². The summed E-state index contributed by atoms with van der Waals surface area (Å²) in [6.45, 7) is 12.7. The standard InChI is InChI=1S/C21H31N3O2Si/c1-21(2,3)27(4,5)26-16-23-13-8-10-18(15-23)20(25)22-24-14-12-17-9-6-7-11-19(17)24/h6-7,9,11-12,14-15H,8,10,13,16H2,1-5H3,(H,22,25). The Kier molecular flexibility index (Phi) is 5.49. The van der Waals surface area contributed by atoms with Crippen LogP contribution >= 0.6 is 0 Å². The number of carbonyl (C=O) groups excluding carboxylic acids is 1. The topological polar surface area (TPSA) is 46.5 Å². The number of para-hydroxylation sites is 1. The van der Waals surface area contributed by atoms with Crippen LogP contribution in [0, 0.1) is 0 Å². The minimum atomic E-state index is -1.80. The summed E-state index contributed by atoms with van der Waals surface area (Å²) in [5, 5.41) is 1.29. The Morgan fingerprint density at radius 2 is 1.96 bits per heavy atom. The van der Waals surface area contributed by atoms with Crippen LogP contribution in [0.5, 0.6) is 0 Å². The second kappa shape index (κ2) is 7.52. The molecule has 1 aromatic carbocycles. The number of aromatic nitrogens is 1. The van der Waals surface area contributed by atoms with Crippen molar-refractivity contribution in [2.75, 3.05) is 18.7 Å². The number of benzene rings is 1. The molecule has 5 nitrogen and oxygen atoms in total. The summed E-state index contributed by atoms with van der Waals surface area (Å²) in [4.78, 5) is 14.9. The second-order valence-corrected chi connectivity index (χ2v) is 13.6. The molecule has 0 saturated carbocycles. The molecule has 2 heterocycles. The van der Waals surface area contributed by atoms with Crippen LogP contribution in [0.3, 0.4) is 0 Å². The molecule has 0 spiro atoms. The van der Waals surface area contributed by atoms with Gasteiger partial charge in [0.25, 0.3) is 5.91 Å². The molecule has 0 unspecified atom stereocenters. The third kappa shape index (κ3) is 4.44. The highest BCUT2D eigenvalue weighted by molar-refractivity contribution is 6.74. The van der Waals surface area contributed by atoms with Gasteiger partial charge in [-0.1, -0.05) is 39.0 Å². The van der Waals surface area contributed by atoms with E-state index in [0.717, 1.165) is 35.9 Å². The van der Waals surface area contributed by atoms with Crippen LogP contribution in [-0.2, 0) is 9.22 Å². The summed E-state index contributed by atoms with van der Waals surface area (Å²) in [5.74, 6) is -0.0478. The Bertz CT molecular complexity index is 848. The van der Waals surface area contributed by atoms with E-state index in [1.54, 1.807) is 4.68 Å². The maximum absolute atomic E-state index is 12.8. The summed E-state index contributed by atoms with van der Waals surface area (Å²) >= 11 is 0. The van der Waals surface area contributed by atoms with Gasteiger partial charge in [0.2, 0.25) is 0 Å². The molecule has 0 atom stereocenters. The van der Waals surface area contributed by atoms with Crippen LogP contribution in [0.15, 0.2) is 48.3 Å². The Labute approximate surface area is 163 Å². The van der Waals surface area contributed by atoms with Crippen molar-refractivity contribution in [1.29, 1.82) is 0 Å². The van der Waals surface area contributed by atoms with Gasteiger partial charge in [-0.05, 0) is 43.1 Å². The average Bonchev–Trinajstić information content (AvgIpc) is 3.02. The molecule has 0 radical (unpaired) electrons. The van der Waals surface area contributed by atoms with Gasteiger partial charge in [0, 0.05) is 29.9 Å². The predicted molar refractivity (Wildman–Crippen MR) is 113 cm³/mol. The monoisotopic (exact) mass is 385 g/mol. The molecular formula is C21H31N3O2Si. The maximum Gasteiger partial charge on any atom is 0.267 e. The normalized spacial score (nSPS) is 15.7. The van der Waals surface area contributed by atoms with E-state index in [2.05, 4.69) is 44.2 Å². The fourth-order valence-electron chi connectivity index (χ4n) is 2.92. The number of hydrogen-bond acceptors (Lipinski definition) is 3. The number of nitrogens with one attached hydrogen (secondary N) is 1. The molecule has 1 aromatic heterocycles. The van der Waals surface area contributed by atoms with Gasteiger partial charge in [-0.25, -0.2) is 0 Å². The van der Waals surface area contributed by atoms with Crippen LogP contribution in [-0.4, -0.2) is 37.1 Å². The van der Waals surface area contributed by atoms with E-state index in [1.807, 2.05) is 42.7 Å². The summed E-state index contributed by atoms with van der Waals surface area (Å²) in [6, 6.07) is 10.0. The van der Waals surface area contributed by atoms with Crippen LogP contribution in [0.4, 0.5) is 0 Å². The van der Waals surface area contributed by atoms with Gasteiger partial charge in [-0.3, -0.25) is 14.9 Å². The van der Waals surface area contributed by atoms with Crippen molar-refractivity contribution in [2.24, 2.45) is 0 Å². The summed E-state index contributed by atoms with van der Waals surface area (Å²) in [5.41, 5.74) is 4.81. The van der Waals surface area contributed by atoms with E-state index in [-0.39, 0.29) is 10.9 Å². The SMILES string of the molecule is CC(C)(C)[Si](C)(C)OCN1C=C(C(=O)Nn2ccc3ccccc32)CCC1. The number of fused-ring (bicyclic) bond motifs is 1. The smallest absolute Gasteiger partial charge is 0.267 e. The Morgan fingerprint density at radius 3 is 2.70 bits per heavy atom. The second-order valence-electron chi connectivity index (χ2n) is 8.79. The first kappa shape index (κ1) is 19.7. The average molecular weight is 386 g/mol. The van der Waals surface area contributed by atoms with E-state index in [4.69, 9.17) is 4.43 Å². The molecule has 2 aromatic rings. The lowest BCUT2D eigenvalue weighted by Crippen LogP contribution is -2.44. The highest BCUT2D eigenvalue weighted by Crippen LogP contribution is 2.36. The lowest BCUT2D eigenvalue weighted by Gasteiger charge is -2.38. The Morgan fingerprint density at radius 1 is 1.22 bits per heavy atom. The largest absolute Gasteiger partial charge is 0.400 e. The molecule has 1 aliphatic heterocycles. The molecule has 3 rings (SSSR count). The molecule has 1 aliphatic rings. The van der Waals surface area contributed by atoms with Crippen molar-refractivity contribution in [3.8, 4) is 0 Å². The lowest BCUT2D eigenvalue weighted by atomic mass is 10.1. The molecule has 146 valence electrons. The number of hydrogen-bond donors (Lipinski definition) is 1.